The summed E-state index contributed by atoms with van der Waals surface area (Å²) in [4.78, 5) is 0. The van der Waals surface area contributed by atoms with Gasteiger partial charge >= 0.3 is 0 Å². The van der Waals surface area contributed by atoms with Crippen molar-refractivity contribution in [2.45, 2.75) is 0 Å². The van der Waals surface area contributed by atoms with Crippen LogP contribution in [0.15, 0.2) is 12.6 Å². The summed E-state index contributed by atoms with van der Waals surface area (Å²) in [6, 6.07) is 1.67. The molecule has 1 rings (SSSR count). The van der Waals surface area contributed by atoms with Gasteiger partial charge in [0.2, 0.25) is 0 Å². The summed E-state index contributed by atoms with van der Waals surface area (Å²) in [5, 5.41) is 19.2. The number of halogens is 3. The van der Waals surface area contributed by atoms with Crippen LogP contribution in [0.4, 0.5) is 0 Å². The topological polar surface area (TPSA) is 40.5 Å². The number of aromatic hydroxyl groups is 2. The van der Waals surface area contributed by atoms with Crippen LogP contribution in [0.25, 0.3) is 5.03 Å². The fraction of sp³-hybridized carbons (Fsp3) is 0. The van der Waals surface area contributed by atoms with Crippen molar-refractivity contribution in [2.75, 3.05) is 0 Å². The van der Waals surface area contributed by atoms with Gasteiger partial charge in [0, 0.05) is 10.6 Å². The molecule has 0 radical (unpaired) electrons. The highest BCUT2D eigenvalue weighted by atomic mass is 127. The molecule has 0 atom stereocenters. The lowest BCUT2D eigenvalue weighted by atomic mass is 10.2. The highest BCUT2D eigenvalue weighted by Gasteiger charge is 2.14. The highest BCUT2D eigenvalue weighted by molar-refractivity contribution is 14.1. The molecule has 13 heavy (non-hydrogen) atoms. The van der Waals surface area contributed by atoms with E-state index in [4.69, 9.17) is 11.6 Å². The summed E-state index contributed by atoms with van der Waals surface area (Å²) in [6.07, 6.45) is 0. The van der Waals surface area contributed by atoms with Gasteiger partial charge in [0.25, 0.3) is 0 Å². The monoisotopic (exact) mass is 422 g/mol. The third-order valence-electron chi connectivity index (χ3n) is 1.46. The third kappa shape index (κ3) is 2.21. The molecule has 0 heterocycles. The average Bonchev–Trinajstić information content (AvgIpc) is 2.07. The Labute approximate surface area is 108 Å². The summed E-state index contributed by atoms with van der Waals surface area (Å²) in [7, 11) is 0. The highest BCUT2D eigenvalue weighted by Crippen LogP contribution is 2.39. The molecule has 0 aromatic heterocycles. The molecular formula is C8H5ClI2O2. The molecule has 2 N–H and O–H groups in total. The van der Waals surface area contributed by atoms with Gasteiger partial charge in [-0.1, -0.05) is 18.2 Å². The van der Waals surface area contributed by atoms with E-state index in [2.05, 4.69) is 6.58 Å². The van der Waals surface area contributed by atoms with Crippen LogP contribution in [-0.2, 0) is 0 Å². The van der Waals surface area contributed by atoms with E-state index < -0.39 is 0 Å². The molecular weight excluding hydrogens is 417 g/mol. The standard InChI is InChI=1S/C8H5ClI2O2/c1-3(9)4-2-5(10)7(12)8(13)6(4)11/h2,12-13H,1H2. The molecule has 0 bridgehead atoms. The molecule has 5 heteroatoms. The van der Waals surface area contributed by atoms with Gasteiger partial charge in [0.1, 0.15) is 0 Å². The van der Waals surface area contributed by atoms with Crippen LogP contribution in [0.1, 0.15) is 5.56 Å². The quantitative estimate of drug-likeness (QED) is 0.537. The lowest BCUT2D eigenvalue weighted by Gasteiger charge is -2.07. The number of phenols is 2. The summed E-state index contributed by atoms with van der Waals surface area (Å²) < 4.78 is 1.06. The molecule has 0 saturated carbocycles. The molecule has 1 aromatic rings. The second-order valence-corrected chi connectivity index (χ2v) is 5.02. The van der Waals surface area contributed by atoms with E-state index in [1.54, 1.807) is 6.07 Å². The minimum Gasteiger partial charge on any atom is -0.504 e. The van der Waals surface area contributed by atoms with Crippen LogP contribution in [-0.4, -0.2) is 10.2 Å². The normalized spacial score (nSPS) is 10.1. The van der Waals surface area contributed by atoms with Gasteiger partial charge in [-0.15, -0.1) is 0 Å². The van der Waals surface area contributed by atoms with Crippen LogP contribution in [0.2, 0.25) is 0 Å². The lowest BCUT2D eigenvalue weighted by Crippen LogP contribution is -1.87. The van der Waals surface area contributed by atoms with Gasteiger partial charge in [0.05, 0.1) is 7.14 Å². The van der Waals surface area contributed by atoms with Gasteiger partial charge in [-0.05, 0) is 51.2 Å². The average molecular weight is 422 g/mol. The number of hydrogen-bond donors (Lipinski definition) is 2. The predicted molar refractivity (Wildman–Crippen MR) is 70.1 cm³/mol. The molecule has 1 aromatic carbocycles. The smallest absolute Gasteiger partial charge is 0.172 e. The summed E-state index contributed by atoms with van der Waals surface area (Å²) >= 11 is 9.53. The summed E-state index contributed by atoms with van der Waals surface area (Å²) in [6.45, 7) is 3.56. The Bertz CT molecular complexity index is 377. The van der Waals surface area contributed by atoms with Gasteiger partial charge < -0.3 is 10.2 Å². The Hall–Kier alpha value is 0.310. The SMILES string of the molecule is C=C(Cl)c1cc(I)c(O)c(O)c1I. The Morgan fingerprint density at radius 2 is 1.85 bits per heavy atom. The molecule has 0 aliphatic heterocycles. The van der Waals surface area contributed by atoms with Crippen LogP contribution in [0.3, 0.4) is 0 Å². The first-order valence-electron chi connectivity index (χ1n) is 3.20. The Balaban J connectivity index is 3.50. The van der Waals surface area contributed by atoms with E-state index in [1.165, 1.54) is 0 Å². The molecule has 0 saturated heterocycles. The second kappa shape index (κ2) is 4.22. The number of benzene rings is 1. The molecule has 0 fully saturated rings. The number of rotatable bonds is 1. The first-order chi connectivity index (χ1) is 5.95. The first kappa shape index (κ1) is 11.4. The summed E-state index contributed by atoms with van der Waals surface area (Å²) in [5.41, 5.74) is 0.641. The van der Waals surface area contributed by atoms with Gasteiger partial charge in [0.15, 0.2) is 11.5 Å². The van der Waals surface area contributed by atoms with Crippen molar-refractivity contribution >= 4 is 61.8 Å². The van der Waals surface area contributed by atoms with Crippen LogP contribution < -0.4 is 0 Å². The van der Waals surface area contributed by atoms with Crippen LogP contribution in [0.5, 0.6) is 11.5 Å². The van der Waals surface area contributed by atoms with E-state index in [9.17, 15) is 10.2 Å². The fourth-order valence-electron chi connectivity index (χ4n) is 0.800. The molecule has 0 aliphatic carbocycles. The summed E-state index contributed by atoms with van der Waals surface area (Å²) in [5.74, 6) is -0.268. The molecule has 2 nitrogen and oxygen atoms in total. The predicted octanol–water partition coefficient (Wildman–Crippen LogP) is 3.52. The van der Waals surface area contributed by atoms with E-state index >= 15 is 0 Å². The van der Waals surface area contributed by atoms with E-state index in [1.807, 2.05) is 45.2 Å². The minimum absolute atomic E-state index is 0.119. The maximum absolute atomic E-state index is 9.45. The second-order valence-electron chi connectivity index (χ2n) is 2.32. The van der Waals surface area contributed by atoms with Crippen LogP contribution in [0, 0.1) is 7.14 Å². The van der Waals surface area contributed by atoms with Crippen molar-refractivity contribution in [2.24, 2.45) is 0 Å². The molecule has 70 valence electrons. The molecule has 0 unspecified atom stereocenters. The third-order valence-corrected chi connectivity index (χ3v) is 3.58. The van der Waals surface area contributed by atoms with Gasteiger partial charge in [-0.25, -0.2) is 0 Å². The first-order valence-corrected chi connectivity index (χ1v) is 5.73. The van der Waals surface area contributed by atoms with Gasteiger partial charge in [-0.2, -0.15) is 0 Å². The lowest BCUT2D eigenvalue weighted by molar-refractivity contribution is 0.398. The van der Waals surface area contributed by atoms with Crippen molar-refractivity contribution in [1.29, 1.82) is 0 Å². The maximum Gasteiger partial charge on any atom is 0.172 e. The van der Waals surface area contributed by atoms with E-state index in [0.29, 0.717) is 17.7 Å². The fourth-order valence-corrected chi connectivity index (χ4v) is 2.41. The zero-order chi connectivity index (χ0) is 10.2. The van der Waals surface area contributed by atoms with Crippen molar-refractivity contribution in [3.05, 3.63) is 25.3 Å². The largest absolute Gasteiger partial charge is 0.504 e. The van der Waals surface area contributed by atoms with E-state index in [-0.39, 0.29) is 11.5 Å². The van der Waals surface area contributed by atoms with E-state index in [0.717, 1.165) is 0 Å². The zero-order valence-electron chi connectivity index (χ0n) is 6.31. The van der Waals surface area contributed by atoms with Gasteiger partial charge in [-0.3, -0.25) is 0 Å². The van der Waals surface area contributed by atoms with Crippen molar-refractivity contribution < 1.29 is 10.2 Å². The maximum atomic E-state index is 9.45. The molecule has 0 amide bonds. The zero-order valence-corrected chi connectivity index (χ0v) is 11.4. The minimum atomic E-state index is -0.149. The Morgan fingerprint density at radius 3 is 2.31 bits per heavy atom. The van der Waals surface area contributed by atoms with Crippen LogP contribution >= 0.6 is 56.8 Å². The number of phenolic OH excluding ortho intramolecular Hbond substituents is 2. The van der Waals surface area contributed by atoms with Crippen molar-refractivity contribution in [1.82, 2.24) is 0 Å². The Morgan fingerprint density at radius 1 is 1.31 bits per heavy atom. The Kier molecular flexibility index (Phi) is 3.70. The molecule has 0 spiro atoms. The number of hydrogen-bond acceptors (Lipinski definition) is 2. The van der Waals surface area contributed by atoms with Crippen molar-refractivity contribution in [3.63, 3.8) is 0 Å². The van der Waals surface area contributed by atoms with Crippen molar-refractivity contribution in [3.8, 4) is 11.5 Å². The molecule has 0 aliphatic rings.